The van der Waals surface area contributed by atoms with Gasteiger partial charge in [-0.3, -0.25) is 14.4 Å². The van der Waals surface area contributed by atoms with E-state index in [9.17, 15) is 117 Å². The summed E-state index contributed by atoms with van der Waals surface area (Å²) in [6, 6.07) is -4.90. The van der Waals surface area contributed by atoms with E-state index in [4.69, 9.17) is 66.3 Å². The smallest absolute Gasteiger partial charge is 0.220 e. The molecule has 14 unspecified atom stereocenters. The third-order valence-electron chi connectivity index (χ3n) is 24.8. The maximum absolute atomic E-state index is 13.6. The van der Waals surface area contributed by atoms with Crippen molar-refractivity contribution < 1.29 is 183 Å². The number of carbonyl (C=O) groups is 3. The summed E-state index contributed by atoms with van der Waals surface area (Å²) in [7, 11) is 0. The molecule has 0 aromatic carbocycles. The number of hydrogen-bond acceptors (Lipinski definition) is 37. The maximum atomic E-state index is 13.6. The van der Waals surface area contributed by atoms with E-state index in [0.717, 1.165) is 65.2 Å². The molecule has 0 bridgehead atoms. The van der Waals surface area contributed by atoms with Gasteiger partial charge in [0.15, 0.2) is 44.0 Å². The molecule has 37 atom stereocenters. The van der Waals surface area contributed by atoms with Crippen LogP contribution in [0, 0.1) is 0 Å². The average molecular weight is 1820 g/mol. The molecular weight excluding hydrogens is 1670 g/mol. The normalized spacial score (nSPS) is 38.1. The summed E-state index contributed by atoms with van der Waals surface area (Å²) in [5.41, 5.74) is 0. The molecule has 736 valence electrons. The Morgan fingerprint density at radius 1 is 0.325 bits per heavy atom. The summed E-state index contributed by atoms with van der Waals surface area (Å²) in [6.45, 7) is 0.884. The Bertz CT molecular complexity index is 2990. The van der Waals surface area contributed by atoms with Crippen LogP contribution in [0.1, 0.15) is 240 Å². The van der Waals surface area contributed by atoms with Crippen LogP contribution in [-0.2, 0) is 80.7 Å². The predicted octanol–water partition coefficient (Wildman–Crippen LogP) is -2.01. The first-order valence-electron chi connectivity index (χ1n) is 46.3. The Kier molecular flexibility index (Phi) is 50.7. The van der Waals surface area contributed by atoms with E-state index < -0.39 is 285 Å². The summed E-state index contributed by atoms with van der Waals surface area (Å²) >= 11 is 0. The molecule has 7 rings (SSSR count). The summed E-state index contributed by atoms with van der Waals surface area (Å²) in [4.78, 5) is 40.0. The number of allylic oxidation sites excluding steroid dienone is 1. The molecule has 7 aliphatic heterocycles. The Morgan fingerprint density at radius 2 is 0.667 bits per heavy atom. The molecule has 23 N–H and O–H groups in total. The highest BCUT2D eigenvalue weighted by Gasteiger charge is 2.60. The minimum Gasteiger partial charge on any atom is -0.394 e. The third-order valence-corrected chi connectivity index (χ3v) is 24.8. The highest BCUT2D eigenvalue weighted by molar-refractivity contribution is 5.76. The molecule has 40 heteroatoms. The number of aliphatic hydroxyl groups excluding tert-OH is 20. The summed E-state index contributed by atoms with van der Waals surface area (Å²) in [5.74, 6) is -2.18. The topological polar surface area (TPSA) is 621 Å². The number of ether oxygens (including phenoxy) is 14. The molecule has 40 nitrogen and oxygen atoms in total. The fourth-order valence-corrected chi connectivity index (χ4v) is 17.2. The Morgan fingerprint density at radius 3 is 1.16 bits per heavy atom. The second-order valence-corrected chi connectivity index (χ2v) is 34.9. The van der Waals surface area contributed by atoms with Gasteiger partial charge in [-0.05, 0) is 26.2 Å². The van der Waals surface area contributed by atoms with Gasteiger partial charge >= 0.3 is 0 Å². The number of unbranched alkanes of at least 4 members (excludes halogenated alkanes) is 29. The first-order chi connectivity index (χ1) is 60.5. The van der Waals surface area contributed by atoms with Gasteiger partial charge in [0, 0.05) is 20.3 Å². The lowest BCUT2D eigenvalue weighted by Crippen LogP contribution is -2.71. The molecule has 0 aromatic rings. The minimum absolute atomic E-state index is 0.159. The lowest BCUT2D eigenvalue weighted by atomic mass is 9.93. The molecule has 7 fully saturated rings. The fraction of sp³-hybridized carbons (Fsp3) is 0.942. The Balaban J connectivity index is 1.03. The molecule has 3 amide bonds. The van der Waals surface area contributed by atoms with E-state index in [1.165, 1.54) is 142 Å². The van der Waals surface area contributed by atoms with E-state index in [1.54, 1.807) is 6.08 Å². The number of nitrogens with one attached hydrogen (secondary N) is 3. The Labute approximate surface area is 739 Å². The van der Waals surface area contributed by atoms with Gasteiger partial charge in [-0.2, -0.15) is 0 Å². The summed E-state index contributed by atoms with van der Waals surface area (Å²) < 4.78 is 84.7. The van der Waals surface area contributed by atoms with E-state index in [0.29, 0.717) is 12.8 Å². The first-order valence-corrected chi connectivity index (χ1v) is 46.3. The van der Waals surface area contributed by atoms with Gasteiger partial charge in [0.05, 0.1) is 64.5 Å². The Hall–Kier alpha value is -3.21. The van der Waals surface area contributed by atoms with Crippen molar-refractivity contribution in [2.45, 2.75) is 467 Å². The van der Waals surface area contributed by atoms with Crippen molar-refractivity contribution >= 4 is 17.7 Å². The number of amides is 3. The first kappa shape index (κ1) is 110. The van der Waals surface area contributed by atoms with Crippen molar-refractivity contribution in [1.82, 2.24) is 16.0 Å². The van der Waals surface area contributed by atoms with E-state index in [-0.39, 0.29) is 12.3 Å². The second kappa shape index (κ2) is 58.2. The van der Waals surface area contributed by atoms with Gasteiger partial charge in [0.2, 0.25) is 17.7 Å². The quantitative estimate of drug-likeness (QED) is 0.0231. The number of hydrogen-bond donors (Lipinski definition) is 23. The van der Waals surface area contributed by atoms with Gasteiger partial charge in [0.25, 0.3) is 0 Å². The molecule has 0 radical (unpaired) electrons. The predicted molar refractivity (Wildman–Crippen MR) is 443 cm³/mol. The largest absolute Gasteiger partial charge is 0.394 e. The monoisotopic (exact) mass is 1820 g/mol. The molecule has 7 aliphatic rings. The zero-order valence-corrected chi connectivity index (χ0v) is 74.0. The number of rotatable bonds is 58. The highest BCUT2D eigenvalue weighted by atomic mass is 16.8. The number of aliphatic hydroxyl groups is 20. The average Bonchev–Trinajstić information content (AvgIpc) is 0.758. The zero-order valence-electron chi connectivity index (χ0n) is 74.0. The molecule has 0 aliphatic carbocycles. The van der Waals surface area contributed by atoms with Crippen molar-refractivity contribution in [2.24, 2.45) is 0 Å². The van der Waals surface area contributed by atoms with Crippen molar-refractivity contribution in [3.05, 3.63) is 12.2 Å². The van der Waals surface area contributed by atoms with E-state index >= 15 is 0 Å². The minimum atomic E-state index is -2.26. The van der Waals surface area contributed by atoms with Crippen LogP contribution in [0.5, 0.6) is 0 Å². The van der Waals surface area contributed by atoms with Crippen LogP contribution in [0.15, 0.2) is 12.2 Å². The highest BCUT2D eigenvalue weighted by Crippen LogP contribution is 2.40. The van der Waals surface area contributed by atoms with Gasteiger partial charge in [0.1, 0.15) is 165 Å². The van der Waals surface area contributed by atoms with Crippen LogP contribution in [0.4, 0.5) is 0 Å². The van der Waals surface area contributed by atoms with Crippen LogP contribution in [-0.4, -0.2) is 393 Å². The standard InChI is InChI=1S/C86H155N3O37/c1-6-8-10-12-14-16-18-20-21-22-23-24-25-27-29-31-33-35-37-39-58(99)89-50(51(98)38-36-34-32-30-28-26-19-17-15-13-11-9-7-2)46-113-82-72(111)69(108)75(57(45-95)120-82)121-85-73(112)77(64(103)54(42-92)117-85)124-80-59(87-48(4)96)66(105)74(56(44-94)119-80)122-86-79(126-83-70(109)67(106)61(100)47(3)114-83)78(65(104)55(43-93)118-86)125-81-60(88-49(5)97)76(63(102)53(41-91)115-81)123-84-71(110)68(107)62(101)52(40-90)116-84/h36,38,47,50-57,59-86,90-95,98,100-112H,6-35,37,39-46H2,1-5H3,(H,87,96)(H,88,97)(H,89,99)/b38-36+/t47?,50-,51+,52?,53?,54?,55?,56?,57?,59?,60?,61+,62-,63-,64-,65-,66+,67?,68-,69+,70-,71?,72?,73?,74+,75+,76+,77-,78-,79?,80-,81+,82+,83+,84-,85-,86-/m0/s1. The van der Waals surface area contributed by atoms with Crippen LogP contribution in [0.2, 0.25) is 0 Å². The molecule has 0 spiro atoms. The molecular formula is C86H155N3O37. The van der Waals surface area contributed by atoms with Crippen molar-refractivity contribution in [2.75, 3.05) is 46.2 Å². The maximum Gasteiger partial charge on any atom is 0.220 e. The van der Waals surface area contributed by atoms with Crippen LogP contribution in [0.25, 0.3) is 0 Å². The van der Waals surface area contributed by atoms with Crippen LogP contribution < -0.4 is 16.0 Å². The van der Waals surface area contributed by atoms with Gasteiger partial charge in [-0.15, -0.1) is 0 Å². The summed E-state index contributed by atoms with van der Waals surface area (Å²) in [6.07, 6.45) is -27.1. The number of carbonyl (C=O) groups excluding carboxylic acids is 3. The molecule has 7 heterocycles. The van der Waals surface area contributed by atoms with Crippen LogP contribution in [0.3, 0.4) is 0 Å². The van der Waals surface area contributed by atoms with E-state index in [1.807, 2.05) is 6.08 Å². The molecule has 0 aromatic heterocycles. The molecule has 0 saturated carbocycles. The lowest BCUT2D eigenvalue weighted by Gasteiger charge is -2.52. The van der Waals surface area contributed by atoms with Crippen molar-refractivity contribution in [3.8, 4) is 0 Å². The van der Waals surface area contributed by atoms with Crippen LogP contribution >= 0.6 is 0 Å². The van der Waals surface area contributed by atoms with Crippen molar-refractivity contribution in [1.29, 1.82) is 0 Å². The van der Waals surface area contributed by atoms with Gasteiger partial charge in [-0.1, -0.05) is 206 Å². The molecule has 7 saturated heterocycles. The van der Waals surface area contributed by atoms with Crippen molar-refractivity contribution in [3.63, 3.8) is 0 Å². The lowest BCUT2D eigenvalue weighted by molar-refractivity contribution is -0.404. The third kappa shape index (κ3) is 32.8. The fourth-order valence-electron chi connectivity index (χ4n) is 17.2. The van der Waals surface area contributed by atoms with Gasteiger partial charge in [-0.25, -0.2) is 0 Å². The van der Waals surface area contributed by atoms with E-state index in [2.05, 4.69) is 29.8 Å². The molecule has 126 heavy (non-hydrogen) atoms. The SMILES string of the molecule is CCCCCCCCCCCCC/C=C/[C@@H](O)[C@H](CO[C@@H]1OC(CO)[C@@H](O[C@@H]2OC(CO)[C@H](O)[C@H](O[C@@H]3OC(CO)[C@@H](O[C@@H]4OC(CO)[C@H](O)[C@H](O[C@H]5OC(CO)[C@H](O)[C@H](O[C@@H]6OC(CO)[C@H](O)[C@H](O)C6O)C5NC(C)=O)C4O[C@H]4OC(C)[C@@H](O)C(O)[C@@H]4O)[C@H](O)C3NC(C)=O)C2O)[C@H](O)C1O)NC(=O)CCCCCCCCCCCCCCCCCCCCC. The second-order valence-electron chi connectivity index (χ2n) is 34.9. The van der Waals surface area contributed by atoms with Gasteiger partial charge < -0.3 is 184 Å². The summed E-state index contributed by atoms with van der Waals surface area (Å²) in [5, 5.41) is 233. The zero-order chi connectivity index (χ0) is 92.1.